The van der Waals surface area contributed by atoms with Gasteiger partial charge in [0.05, 0.1) is 10.7 Å². The second-order valence-corrected chi connectivity index (χ2v) is 3.98. The molecular formula is C9H15BrN2. The Bertz CT molecular complexity index is 228. The number of rotatable bonds is 4. The summed E-state index contributed by atoms with van der Waals surface area (Å²) in [5, 5.41) is 4.22. The van der Waals surface area contributed by atoms with Crippen molar-refractivity contribution in [3.63, 3.8) is 0 Å². The Morgan fingerprint density at radius 2 is 2.17 bits per heavy atom. The summed E-state index contributed by atoms with van der Waals surface area (Å²) in [6, 6.07) is 0. The molecule has 0 spiro atoms. The van der Waals surface area contributed by atoms with Crippen LogP contribution in [0, 0.1) is 5.92 Å². The van der Waals surface area contributed by atoms with Gasteiger partial charge in [-0.2, -0.15) is 5.10 Å². The Morgan fingerprint density at radius 1 is 1.50 bits per heavy atom. The van der Waals surface area contributed by atoms with E-state index < -0.39 is 0 Å². The molecule has 0 atom stereocenters. The standard InChI is InChI=1S/C9H15BrN2/c1-3-8(4-2)6-12-7-9(10)5-11-12/h5,7-8H,3-4,6H2,1-2H3. The predicted octanol–water partition coefficient (Wildman–Crippen LogP) is 3.08. The lowest BCUT2D eigenvalue weighted by Crippen LogP contribution is -2.09. The molecule has 68 valence electrons. The Kier molecular flexibility index (Phi) is 3.79. The van der Waals surface area contributed by atoms with Crippen molar-refractivity contribution in [1.29, 1.82) is 0 Å². The van der Waals surface area contributed by atoms with Crippen molar-refractivity contribution in [2.75, 3.05) is 0 Å². The molecule has 0 saturated heterocycles. The summed E-state index contributed by atoms with van der Waals surface area (Å²) < 4.78 is 3.07. The fourth-order valence-corrected chi connectivity index (χ4v) is 1.58. The van der Waals surface area contributed by atoms with Crippen LogP contribution in [0.25, 0.3) is 0 Å². The molecule has 0 aromatic carbocycles. The Morgan fingerprint density at radius 3 is 2.58 bits per heavy atom. The van der Waals surface area contributed by atoms with Crippen molar-refractivity contribution >= 4 is 15.9 Å². The maximum Gasteiger partial charge on any atom is 0.0632 e. The number of halogens is 1. The summed E-state index contributed by atoms with van der Waals surface area (Å²) in [5.74, 6) is 0.761. The van der Waals surface area contributed by atoms with Crippen LogP contribution in [0.15, 0.2) is 16.9 Å². The Balaban J connectivity index is 2.50. The van der Waals surface area contributed by atoms with Crippen LogP contribution in [-0.4, -0.2) is 9.78 Å². The van der Waals surface area contributed by atoms with Gasteiger partial charge in [-0.15, -0.1) is 0 Å². The second-order valence-electron chi connectivity index (χ2n) is 3.06. The highest BCUT2D eigenvalue weighted by Crippen LogP contribution is 2.12. The molecule has 0 radical (unpaired) electrons. The Hall–Kier alpha value is -0.310. The van der Waals surface area contributed by atoms with E-state index in [2.05, 4.69) is 34.9 Å². The monoisotopic (exact) mass is 230 g/mol. The summed E-state index contributed by atoms with van der Waals surface area (Å²) >= 11 is 3.38. The molecule has 1 heterocycles. The van der Waals surface area contributed by atoms with Gasteiger partial charge in [0.1, 0.15) is 0 Å². The van der Waals surface area contributed by atoms with Crippen molar-refractivity contribution in [2.24, 2.45) is 5.92 Å². The first kappa shape index (κ1) is 9.78. The highest BCUT2D eigenvalue weighted by Gasteiger charge is 2.04. The first-order valence-corrected chi connectivity index (χ1v) is 5.23. The summed E-state index contributed by atoms with van der Waals surface area (Å²) in [7, 11) is 0. The molecule has 0 fully saturated rings. The van der Waals surface area contributed by atoms with Crippen LogP contribution in [0.2, 0.25) is 0 Å². The first-order chi connectivity index (χ1) is 5.76. The average Bonchev–Trinajstić information content (AvgIpc) is 2.47. The van der Waals surface area contributed by atoms with E-state index in [0.29, 0.717) is 0 Å². The minimum Gasteiger partial charge on any atom is -0.271 e. The quantitative estimate of drug-likeness (QED) is 0.778. The number of hydrogen-bond donors (Lipinski definition) is 0. The molecule has 12 heavy (non-hydrogen) atoms. The van der Waals surface area contributed by atoms with Gasteiger partial charge in [-0.05, 0) is 21.8 Å². The topological polar surface area (TPSA) is 17.8 Å². The average molecular weight is 231 g/mol. The molecule has 2 nitrogen and oxygen atoms in total. The van der Waals surface area contributed by atoms with Gasteiger partial charge in [0, 0.05) is 12.7 Å². The van der Waals surface area contributed by atoms with Crippen molar-refractivity contribution in [3.8, 4) is 0 Å². The summed E-state index contributed by atoms with van der Waals surface area (Å²) in [4.78, 5) is 0. The normalized spacial score (nSPS) is 11.0. The van der Waals surface area contributed by atoms with Crippen molar-refractivity contribution in [1.82, 2.24) is 9.78 Å². The van der Waals surface area contributed by atoms with E-state index in [9.17, 15) is 0 Å². The highest BCUT2D eigenvalue weighted by atomic mass is 79.9. The fraction of sp³-hybridized carbons (Fsp3) is 0.667. The molecule has 0 amide bonds. The molecule has 0 aliphatic heterocycles. The van der Waals surface area contributed by atoms with Crippen LogP contribution < -0.4 is 0 Å². The number of hydrogen-bond acceptors (Lipinski definition) is 1. The van der Waals surface area contributed by atoms with E-state index in [1.165, 1.54) is 12.8 Å². The van der Waals surface area contributed by atoms with Gasteiger partial charge in [-0.3, -0.25) is 4.68 Å². The molecule has 0 saturated carbocycles. The predicted molar refractivity (Wildman–Crippen MR) is 54.0 cm³/mol. The molecule has 0 unspecified atom stereocenters. The molecule has 3 heteroatoms. The minimum atomic E-state index is 0.761. The largest absolute Gasteiger partial charge is 0.271 e. The molecule has 1 aromatic rings. The maximum absolute atomic E-state index is 4.22. The smallest absolute Gasteiger partial charge is 0.0632 e. The SMILES string of the molecule is CCC(CC)Cn1cc(Br)cn1. The molecule has 0 N–H and O–H groups in total. The number of aromatic nitrogens is 2. The molecular weight excluding hydrogens is 216 g/mol. The third-order valence-corrected chi connectivity index (χ3v) is 2.61. The minimum absolute atomic E-state index is 0.761. The highest BCUT2D eigenvalue weighted by molar-refractivity contribution is 9.10. The molecule has 0 aliphatic carbocycles. The van der Waals surface area contributed by atoms with Crippen LogP contribution in [0.3, 0.4) is 0 Å². The van der Waals surface area contributed by atoms with Crippen LogP contribution >= 0.6 is 15.9 Å². The van der Waals surface area contributed by atoms with Gasteiger partial charge in [0.2, 0.25) is 0 Å². The zero-order chi connectivity index (χ0) is 8.97. The van der Waals surface area contributed by atoms with Gasteiger partial charge in [-0.25, -0.2) is 0 Å². The third-order valence-electron chi connectivity index (χ3n) is 2.20. The fourth-order valence-electron chi connectivity index (χ4n) is 1.25. The zero-order valence-electron chi connectivity index (χ0n) is 7.63. The summed E-state index contributed by atoms with van der Waals surface area (Å²) in [6.45, 7) is 5.50. The maximum atomic E-state index is 4.22. The van der Waals surface area contributed by atoms with E-state index in [-0.39, 0.29) is 0 Å². The third kappa shape index (κ3) is 2.63. The van der Waals surface area contributed by atoms with Crippen LogP contribution in [0.5, 0.6) is 0 Å². The summed E-state index contributed by atoms with van der Waals surface area (Å²) in [6.07, 6.45) is 6.32. The van der Waals surface area contributed by atoms with Gasteiger partial charge < -0.3 is 0 Å². The van der Waals surface area contributed by atoms with Gasteiger partial charge in [0.15, 0.2) is 0 Å². The van der Waals surface area contributed by atoms with Crippen molar-refractivity contribution in [2.45, 2.75) is 33.2 Å². The summed E-state index contributed by atoms with van der Waals surface area (Å²) in [5.41, 5.74) is 0. The van der Waals surface area contributed by atoms with Gasteiger partial charge in [-0.1, -0.05) is 26.7 Å². The second kappa shape index (κ2) is 4.65. The van der Waals surface area contributed by atoms with E-state index in [1.807, 2.05) is 17.1 Å². The van der Waals surface area contributed by atoms with Gasteiger partial charge in [0.25, 0.3) is 0 Å². The van der Waals surface area contributed by atoms with Crippen LogP contribution in [0.1, 0.15) is 26.7 Å². The number of nitrogens with zero attached hydrogens (tertiary/aromatic N) is 2. The Labute approximate surface area is 82.1 Å². The van der Waals surface area contributed by atoms with E-state index in [1.54, 1.807) is 0 Å². The van der Waals surface area contributed by atoms with E-state index >= 15 is 0 Å². The molecule has 0 bridgehead atoms. The van der Waals surface area contributed by atoms with E-state index in [4.69, 9.17) is 0 Å². The molecule has 0 aliphatic rings. The zero-order valence-corrected chi connectivity index (χ0v) is 9.21. The van der Waals surface area contributed by atoms with Crippen LogP contribution in [-0.2, 0) is 6.54 Å². The molecule has 1 rings (SSSR count). The lowest BCUT2D eigenvalue weighted by atomic mass is 10.0. The molecule has 1 aromatic heterocycles. The first-order valence-electron chi connectivity index (χ1n) is 4.44. The lowest BCUT2D eigenvalue weighted by Gasteiger charge is -2.11. The van der Waals surface area contributed by atoms with Crippen molar-refractivity contribution < 1.29 is 0 Å². The van der Waals surface area contributed by atoms with Gasteiger partial charge >= 0.3 is 0 Å². The van der Waals surface area contributed by atoms with Crippen LogP contribution in [0.4, 0.5) is 0 Å². The lowest BCUT2D eigenvalue weighted by molar-refractivity contribution is 0.396. The van der Waals surface area contributed by atoms with Crippen molar-refractivity contribution in [3.05, 3.63) is 16.9 Å². The van der Waals surface area contributed by atoms with E-state index in [0.717, 1.165) is 16.9 Å².